The fraction of sp³-hybridized carbons (Fsp3) is 0.238. The Hall–Kier alpha value is -2.84. The van der Waals surface area contributed by atoms with E-state index in [1.54, 1.807) is 44.4 Å². The lowest BCUT2D eigenvalue weighted by molar-refractivity contribution is -0.122. The van der Waals surface area contributed by atoms with E-state index in [1.165, 1.54) is 11.8 Å². The van der Waals surface area contributed by atoms with Crippen LogP contribution in [0.15, 0.2) is 47.1 Å². The molecular weight excluding hydrogens is 426 g/mol. The average molecular weight is 446 g/mol. The van der Waals surface area contributed by atoms with Crippen LogP contribution in [0.4, 0.5) is 5.69 Å². The van der Waals surface area contributed by atoms with Crippen LogP contribution < -0.4 is 19.1 Å². The van der Waals surface area contributed by atoms with Crippen LogP contribution in [0, 0.1) is 0 Å². The van der Waals surface area contributed by atoms with Crippen molar-refractivity contribution in [1.82, 2.24) is 4.90 Å². The quantitative estimate of drug-likeness (QED) is 0.646. The first-order valence-electron chi connectivity index (χ1n) is 9.09. The van der Waals surface area contributed by atoms with Gasteiger partial charge >= 0.3 is 0 Å². The number of carbonyl (C=O) groups is 1. The van der Waals surface area contributed by atoms with Crippen molar-refractivity contribution in [3.8, 4) is 17.2 Å². The first-order chi connectivity index (χ1) is 14.5. The molecule has 0 aliphatic carbocycles. The van der Waals surface area contributed by atoms with Crippen LogP contribution in [0.3, 0.4) is 0 Å². The van der Waals surface area contributed by atoms with Gasteiger partial charge in [-0.25, -0.2) is 4.99 Å². The first-order valence-corrected chi connectivity index (χ1v) is 10.5. The number of hydrogen-bond acceptors (Lipinski definition) is 7. The molecule has 2 aliphatic heterocycles. The number of benzene rings is 2. The number of thioether (sulfide) groups is 1. The molecular formula is C21H20ClN3O4S. The molecule has 2 heterocycles. The van der Waals surface area contributed by atoms with Crippen LogP contribution >= 0.6 is 23.4 Å². The number of rotatable bonds is 5. The van der Waals surface area contributed by atoms with Gasteiger partial charge in [0.25, 0.3) is 5.91 Å². The number of ether oxygens (including phenoxy) is 3. The highest BCUT2D eigenvalue weighted by atomic mass is 35.5. The lowest BCUT2D eigenvalue weighted by atomic mass is 10.1. The predicted molar refractivity (Wildman–Crippen MR) is 120 cm³/mol. The Labute approximate surface area is 183 Å². The number of carbonyl (C=O) groups excluding carboxylic acids is 1. The van der Waals surface area contributed by atoms with Crippen LogP contribution in [0.1, 0.15) is 5.56 Å². The Bertz CT molecular complexity index is 1010. The summed E-state index contributed by atoms with van der Waals surface area (Å²) in [6.07, 6.45) is 1.73. The number of anilines is 1. The Balaban J connectivity index is 1.59. The van der Waals surface area contributed by atoms with Crippen molar-refractivity contribution in [1.29, 1.82) is 0 Å². The van der Waals surface area contributed by atoms with E-state index in [0.717, 1.165) is 11.3 Å². The molecule has 7 nitrogen and oxygen atoms in total. The number of nitrogens with zero attached hydrogens (tertiary/aromatic N) is 3. The molecule has 1 amide bonds. The number of fused-ring (bicyclic) bond motifs is 1. The largest absolute Gasteiger partial charge is 0.493 e. The molecule has 2 aromatic carbocycles. The molecule has 2 aliphatic rings. The van der Waals surface area contributed by atoms with Gasteiger partial charge in [0.15, 0.2) is 16.7 Å². The normalized spacial score (nSPS) is 17.1. The zero-order chi connectivity index (χ0) is 21.3. The lowest BCUT2D eigenvalue weighted by Gasteiger charge is -2.34. The summed E-state index contributed by atoms with van der Waals surface area (Å²) in [6.45, 7) is 0.429. The zero-order valence-corrected chi connectivity index (χ0v) is 18.3. The van der Waals surface area contributed by atoms with Crippen LogP contribution in [-0.4, -0.2) is 49.8 Å². The molecule has 30 heavy (non-hydrogen) atoms. The van der Waals surface area contributed by atoms with Crippen molar-refractivity contribution < 1.29 is 19.0 Å². The molecule has 1 saturated heterocycles. The molecule has 0 saturated carbocycles. The van der Waals surface area contributed by atoms with Gasteiger partial charge in [0.1, 0.15) is 12.4 Å². The minimum absolute atomic E-state index is 0.148. The van der Waals surface area contributed by atoms with E-state index in [4.69, 9.17) is 25.8 Å². The maximum absolute atomic E-state index is 13.0. The maximum atomic E-state index is 13.0. The van der Waals surface area contributed by atoms with Gasteiger partial charge in [-0.1, -0.05) is 23.4 Å². The van der Waals surface area contributed by atoms with E-state index >= 15 is 0 Å². The van der Waals surface area contributed by atoms with Crippen molar-refractivity contribution >= 4 is 46.2 Å². The molecule has 9 heteroatoms. The van der Waals surface area contributed by atoms with Gasteiger partial charge in [-0.2, -0.15) is 0 Å². The standard InChI is InChI=1S/C21H20ClN3O4S/c1-27-17-9-13(10-18(28-2)19(17)29-3)8-16-20(26)25-11-24(12-30-21(25)23-16)15-6-4-14(22)5-7-15/h4-10H,11-12H2,1-3H3/b16-8-. The summed E-state index contributed by atoms with van der Waals surface area (Å²) in [5.74, 6) is 2.08. The Morgan fingerprint density at radius 3 is 2.33 bits per heavy atom. The highest BCUT2D eigenvalue weighted by molar-refractivity contribution is 8.14. The third kappa shape index (κ3) is 3.80. The Morgan fingerprint density at radius 1 is 1.07 bits per heavy atom. The summed E-state index contributed by atoms with van der Waals surface area (Å²) in [5, 5.41) is 1.38. The Morgan fingerprint density at radius 2 is 1.73 bits per heavy atom. The predicted octanol–water partition coefficient (Wildman–Crippen LogP) is 4.07. The third-order valence-electron chi connectivity index (χ3n) is 4.76. The number of hydrogen-bond donors (Lipinski definition) is 0. The van der Waals surface area contributed by atoms with Gasteiger partial charge in [0.2, 0.25) is 5.75 Å². The Kier molecular flexibility index (Phi) is 5.78. The van der Waals surface area contributed by atoms with Crippen LogP contribution in [-0.2, 0) is 4.79 Å². The van der Waals surface area contributed by atoms with Gasteiger partial charge in [0.05, 0.1) is 27.2 Å². The highest BCUT2D eigenvalue weighted by Gasteiger charge is 2.35. The minimum Gasteiger partial charge on any atom is -0.493 e. The average Bonchev–Trinajstić information content (AvgIpc) is 3.08. The van der Waals surface area contributed by atoms with Crippen LogP contribution in [0.5, 0.6) is 17.2 Å². The lowest BCUT2D eigenvalue weighted by Crippen LogP contribution is -2.46. The SMILES string of the molecule is COc1cc(/C=C2\N=C3SCN(c4ccc(Cl)cc4)CN3C2=O)cc(OC)c1OC. The van der Waals surface area contributed by atoms with Gasteiger partial charge in [-0.15, -0.1) is 0 Å². The molecule has 0 aromatic heterocycles. The second kappa shape index (κ2) is 8.49. The van der Waals surface area contributed by atoms with Crippen molar-refractivity contribution in [2.24, 2.45) is 4.99 Å². The van der Waals surface area contributed by atoms with Crippen molar-refractivity contribution in [2.75, 3.05) is 38.8 Å². The molecule has 0 spiro atoms. The van der Waals surface area contributed by atoms with Crippen molar-refractivity contribution in [3.05, 3.63) is 52.7 Å². The monoisotopic (exact) mass is 445 g/mol. The van der Waals surface area contributed by atoms with E-state index < -0.39 is 0 Å². The highest BCUT2D eigenvalue weighted by Crippen LogP contribution is 2.39. The van der Waals surface area contributed by atoms with Crippen molar-refractivity contribution in [2.45, 2.75) is 0 Å². The van der Waals surface area contributed by atoms with Gasteiger partial charge in [-0.05, 0) is 48.0 Å². The van der Waals surface area contributed by atoms with Crippen LogP contribution in [0.2, 0.25) is 5.02 Å². The molecule has 0 N–H and O–H groups in total. The number of methoxy groups -OCH3 is 3. The number of amides is 1. The topological polar surface area (TPSA) is 63.6 Å². The third-order valence-corrected chi connectivity index (χ3v) is 6.02. The summed E-state index contributed by atoms with van der Waals surface area (Å²) < 4.78 is 16.1. The van der Waals surface area contributed by atoms with Crippen molar-refractivity contribution in [3.63, 3.8) is 0 Å². The number of aliphatic imine (C=N–C) groups is 1. The fourth-order valence-electron chi connectivity index (χ4n) is 3.26. The van der Waals surface area contributed by atoms with E-state index in [1.807, 2.05) is 24.3 Å². The molecule has 1 fully saturated rings. The maximum Gasteiger partial charge on any atom is 0.280 e. The van der Waals surface area contributed by atoms with E-state index in [2.05, 4.69) is 9.89 Å². The minimum atomic E-state index is -0.148. The summed E-state index contributed by atoms with van der Waals surface area (Å²) in [6, 6.07) is 11.1. The number of halogens is 1. The zero-order valence-electron chi connectivity index (χ0n) is 16.7. The number of amidine groups is 1. The van der Waals surface area contributed by atoms with Gasteiger partial charge in [-0.3, -0.25) is 9.69 Å². The second-order valence-electron chi connectivity index (χ2n) is 6.55. The summed E-state index contributed by atoms with van der Waals surface area (Å²) >= 11 is 7.50. The molecule has 4 rings (SSSR count). The summed E-state index contributed by atoms with van der Waals surface area (Å²) in [7, 11) is 4.65. The van der Waals surface area contributed by atoms with E-state index in [0.29, 0.717) is 45.7 Å². The molecule has 0 unspecified atom stereocenters. The molecule has 0 atom stereocenters. The van der Waals surface area contributed by atoms with Gasteiger partial charge < -0.3 is 19.1 Å². The smallest absolute Gasteiger partial charge is 0.280 e. The van der Waals surface area contributed by atoms with E-state index in [9.17, 15) is 4.79 Å². The van der Waals surface area contributed by atoms with Gasteiger partial charge in [0, 0.05) is 10.7 Å². The summed E-state index contributed by atoms with van der Waals surface area (Å²) in [4.78, 5) is 21.3. The molecule has 0 bridgehead atoms. The second-order valence-corrected chi connectivity index (χ2v) is 7.90. The van der Waals surface area contributed by atoms with E-state index in [-0.39, 0.29) is 5.91 Å². The molecule has 2 aromatic rings. The molecule has 156 valence electrons. The fourth-order valence-corrected chi connectivity index (χ4v) is 4.35. The first kappa shape index (κ1) is 20.4. The van der Waals surface area contributed by atoms with Crippen LogP contribution in [0.25, 0.3) is 6.08 Å². The summed E-state index contributed by atoms with van der Waals surface area (Å²) in [5.41, 5.74) is 2.10. The molecule has 0 radical (unpaired) electrons.